The minimum atomic E-state index is -0.452. The zero-order valence-electron chi connectivity index (χ0n) is 19.0. The van der Waals surface area contributed by atoms with E-state index >= 15 is 0 Å². The van der Waals surface area contributed by atoms with Crippen LogP contribution in [0.4, 0.5) is 33.1 Å². The Labute approximate surface area is 197 Å². The SMILES string of the molecule is CCCCOc1ccc(Nc2ncnc(N3CCN(c4ccc(F)cc4)CC3)c2[N+](=O)[O-])cc1. The van der Waals surface area contributed by atoms with Crippen molar-refractivity contribution in [3.05, 3.63) is 70.8 Å². The largest absolute Gasteiger partial charge is 0.494 e. The predicted octanol–water partition coefficient (Wildman–Crippen LogP) is 4.77. The van der Waals surface area contributed by atoms with Gasteiger partial charge in [-0.25, -0.2) is 14.4 Å². The van der Waals surface area contributed by atoms with E-state index in [4.69, 9.17) is 4.74 Å². The van der Waals surface area contributed by atoms with Gasteiger partial charge in [-0.1, -0.05) is 13.3 Å². The highest BCUT2D eigenvalue weighted by Crippen LogP contribution is 2.34. The molecule has 34 heavy (non-hydrogen) atoms. The number of halogens is 1. The van der Waals surface area contributed by atoms with Gasteiger partial charge in [0.15, 0.2) is 0 Å². The highest BCUT2D eigenvalue weighted by molar-refractivity contribution is 5.74. The van der Waals surface area contributed by atoms with Crippen molar-refractivity contribution in [2.24, 2.45) is 0 Å². The van der Waals surface area contributed by atoms with Crippen molar-refractivity contribution in [3.8, 4) is 5.75 Å². The summed E-state index contributed by atoms with van der Waals surface area (Å²) in [6.07, 6.45) is 3.37. The van der Waals surface area contributed by atoms with Crippen LogP contribution in [0.3, 0.4) is 0 Å². The molecule has 178 valence electrons. The Bertz CT molecular complexity index is 1100. The van der Waals surface area contributed by atoms with E-state index in [-0.39, 0.29) is 23.1 Å². The summed E-state index contributed by atoms with van der Waals surface area (Å²) in [6.45, 7) is 5.10. The maximum absolute atomic E-state index is 13.2. The molecule has 3 aromatic rings. The highest BCUT2D eigenvalue weighted by Gasteiger charge is 2.29. The van der Waals surface area contributed by atoms with Gasteiger partial charge in [0.05, 0.1) is 11.5 Å². The summed E-state index contributed by atoms with van der Waals surface area (Å²) < 4.78 is 18.9. The lowest BCUT2D eigenvalue weighted by Gasteiger charge is -2.36. The summed E-state index contributed by atoms with van der Waals surface area (Å²) in [7, 11) is 0. The Morgan fingerprint density at radius 2 is 1.71 bits per heavy atom. The number of nitrogens with one attached hydrogen (secondary N) is 1. The van der Waals surface area contributed by atoms with Crippen molar-refractivity contribution in [1.82, 2.24) is 9.97 Å². The van der Waals surface area contributed by atoms with Gasteiger partial charge < -0.3 is 19.9 Å². The molecule has 1 aliphatic heterocycles. The zero-order chi connectivity index (χ0) is 23.9. The molecule has 0 atom stereocenters. The van der Waals surface area contributed by atoms with Crippen molar-refractivity contribution in [3.63, 3.8) is 0 Å². The first kappa shape index (κ1) is 23.2. The average molecular weight is 467 g/mol. The number of unbranched alkanes of at least 4 members (excludes halogenated alkanes) is 1. The molecule has 2 heterocycles. The number of nitro groups is 1. The number of nitrogens with zero attached hydrogens (tertiary/aromatic N) is 5. The summed E-state index contributed by atoms with van der Waals surface area (Å²) in [6, 6.07) is 13.6. The molecule has 0 saturated carbocycles. The number of anilines is 4. The monoisotopic (exact) mass is 466 g/mol. The molecular weight excluding hydrogens is 439 g/mol. The average Bonchev–Trinajstić information content (AvgIpc) is 2.85. The molecule has 10 heteroatoms. The summed E-state index contributed by atoms with van der Waals surface area (Å²) in [5, 5.41) is 15.0. The third kappa shape index (κ3) is 5.51. The van der Waals surface area contributed by atoms with Crippen LogP contribution >= 0.6 is 0 Å². The van der Waals surface area contributed by atoms with Crippen LogP contribution in [0.5, 0.6) is 5.75 Å². The molecule has 0 amide bonds. The molecule has 0 unspecified atom stereocenters. The van der Waals surface area contributed by atoms with Gasteiger partial charge in [-0.05, 0) is 55.0 Å². The number of benzene rings is 2. The predicted molar refractivity (Wildman–Crippen MR) is 130 cm³/mol. The molecule has 0 bridgehead atoms. The Morgan fingerprint density at radius 1 is 1.03 bits per heavy atom. The first-order valence-electron chi connectivity index (χ1n) is 11.3. The summed E-state index contributed by atoms with van der Waals surface area (Å²) in [5.74, 6) is 0.880. The topological polar surface area (TPSA) is 96.7 Å². The third-order valence-corrected chi connectivity index (χ3v) is 5.64. The molecular formula is C24H27FN6O3. The normalized spacial score (nSPS) is 13.6. The van der Waals surface area contributed by atoms with Gasteiger partial charge in [0, 0.05) is 37.6 Å². The van der Waals surface area contributed by atoms with Gasteiger partial charge in [-0.3, -0.25) is 10.1 Å². The van der Waals surface area contributed by atoms with Crippen LogP contribution in [0.1, 0.15) is 19.8 Å². The van der Waals surface area contributed by atoms with Gasteiger partial charge in [0.2, 0.25) is 11.6 Å². The number of hydrogen-bond acceptors (Lipinski definition) is 8. The second kappa shape index (κ2) is 10.8. The van der Waals surface area contributed by atoms with E-state index in [0.29, 0.717) is 38.5 Å². The molecule has 9 nitrogen and oxygen atoms in total. The molecule has 0 spiro atoms. The third-order valence-electron chi connectivity index (χ3n) is 5.64. The fourth-order valence-electron chi connectivity index (χ4n) is 3.79. The summed E-state index contributed by atoms with van der Waals surface area (Å²) in [5.41, 5.74) is 1.42. The van der Waals surface area contributed by atoms with Crippen LogP contribution in [0.2, 0.25) is 0 Å². The Kier molecular flexibility index (Phi) is 7.36. The Balaban J connectivity index is 1.47. The molecule has 4 rings (SSSR count). The zero-order valence-corrected chi connectivity index (χ0v) is 19.0. The lowest BCUT2D eigenvalue weighted by atomic mass is 10.2. The highest BCUT2D eigenvalue weighted by atomic mass is 19.1. The quantitative estimate of drug-likeness (QED) is 0.274. The van der Waals surface area contributed by atoms with Crippen molar-refractivity contribution >= 4 is 28.7 Å². The van der Waals surface area contributed by atoms with Crippen molar-refractivity contribution in [2.45, 2.75) is 19.8 Å². The number of piperazine rings is 1. The van der Waals surface area contributed by atoms with Crippen LogP contribution in [-0.4, -0.2) is 47.7 Å². The van der Waals surface area contributed by atoms with E-state index in [1.165, 1.54) is 18.5 Å². The Hall–Kier alpha value is -3.95. The van der Waals surface area contributed by atoms with Gasteiger partial charge in [0.25, 0.3) is 0 Å². The van der Waals surface area contributed by atoms with E-state index in [2.05, 4.69) is 27.1 Å². The van der Waals surface area contributed by atoms with Gasteiger partial charge >= 0.3 is 5.69 Å². The molecule has 0 radical (unpaired) electrons. The fraction of sp³-hybridized carbons (Fsp3) is 0.333. The second-order valence-corrected chi connectivity index (χ2v) is 7.95. The van der Waals surface area contributed by atoms with E-state index in [1.54, 1.807) is 24.3 Å². The smallest absolute Gasteiger partial charge is 0.353 e. The fourth-order valence-corrected chi connectivity index (χ4v) is 3.79. The lowest BCUT2D eigenvalue weighted by Crippen LogP contribution is -2.47. The van der Waals surface area contributed by atoms with E-state index in [0.717, 1.165) is 24.3 Å². The van der Waals surface area contributed by atoms with E-state index in [1.807, 2.05) is 17.0 Å². The minimum Gasteiger partial charge on any atom is -0.494 e. The van der Waals surface area contributed by atoms with Crippen LogP contribution in [0, 0.1) is 15.9 Å². The van der Waals surface area contributed by atoms with E-state index in [9.17, 15) is 14.5 Å². The first-order valence-corrected chi connectivity index (χ1v) is 11.3. The van der Waals surface area contributed by atoms with Crippen molar-refractivity contribution in [2.75, 3.05) is 47.9 Å². The van der Waals surface area contributed by atoms with Gasteiger partial charge in [-0.15, -0.1) is 0 Å². The summed E-state index contributed by atoms with van der Waals surface area (Å²) in [4.78, 5) is 23.9. The molecule has 1 saturated heterocycles. The molecule has 2 aromatic carbocycles. The van der Waals surface area contributed by atoms with Crippen molar-refractivity contribution in [1.29, 1.82) is 0 Å². The van der Waals surface area contributed by atoms with Gasteiger partial charge in [0.1, 0.15) is 17.9 Å². The maximum atomic E-state index is 13.2. The summed E-state index contributed by atoms with van der Waals surface area (Å²) >= 11 is 0. The number of aromatic nitrogens is 2. The van der Waals surface area contributed by atoms with E-state index < -0.39 is 4.92 Å². The minimum absolute atomic E-state index is 0.135. The van der Waals surface area contributed by atoms with Crippen LogP contribution in [0.25, 0.3) is 0 Å². The molecule has 0 aliphatic carbocycles. The molecule has 1 N–H and O–H groups in total. The van der Waals surface area contributed by atoms with Crippen LogP contribution in [-0.2, 0) is 0 Å². The standard InChI is InChI=1S/C24H27FN6O3/c1-2-3-16-34-21-10-6-19(7-11-21)28-23-22(31(32)33)24(27-17-26-23)30-14-12-29(13-15-30)20-8-4-18(25)5-9-20/h4-11,17H,2-3,12-16H2,1H3,(H,26,27,28). The Morgan fingerprint density at radius 3 is 2.35 bits per heavy atom. The second-order valence-electron chi connectivity index (χ2n) is 7.95. The maximum Gasteiger partial charge on any atom is 0.353 e. The van der Waals surface area contributed by atoms with Gasteiger partial charge in [-0.2, -0.15) is 0 Å². The molecule has 1 aliphatic rings. The molecule has 1 fully saturated rings. The molecule has 1 aromatic heterocycles. The van der Waals surface area contributed by atoms with Crippen LogP contribution < -0.4 is 19.9 Å². The van der Waals surface area contributed by atoms with Crippen molar-refractivity contribution < 1.29 is 14.1 Å². The first-order chi connectivity index (χ1) is 16.5. The lowest BCUT2D eigenvalue weighted by molar-refractivity contribution is -0.383. The number of hydrogen-bond donors (Lipinski definition) is 1. The number of ether oxygens (including phenoxy) is 1. The van der Waals surface area contributed by atoms with Crippen LogP contribution in [0.15, 0.2) is 54.9 Å². The number of rotatable bonds is 9.